The molecule has 0 heterocycles. The summed E-state index contributed by atoms with van der Waals surface area (Å²) in [5.74, 6) is -0.0215. The molecule has 1 atom stereocenters. The van der Waals surface area contributed by atoms with Crippen LogP contribution in [-0.4, -0.2) is 23.4 Å². The lowest BCUT2D eigenvalue weighted by molar-refractivity contribution is -0.132. The maximum absolute atomic E-state index is 13.9. The minimum absolute atomic E-state index is 0.0411. The first-order chi connectivity index (χ1) is 10.0. The Morgan fingerprint density at radius 1 is 1.57 bits per heavy atom. The molecule has 0 radical (unpaired) electrons. The van der Waals surface area contributed by atoms with Crippen molar-refractivity contribution in [1.82, 2.24) is 4.90 Å². The second-order valence-electron chi connectivity index (χ2n) is 5.53. The number of carbonyl (C=O) groups is 1. The minimum Gasteiger partial charge on any atom is -0.338 e. The SMILES string of the molecule is CCN(Cc1ccc(C#N)cc1F)C(=O)CC(N)C1CC1. The van der Waals surface area contributed by atoms with Gasteiger partial charge in [0, 0.05) is 31.1 Å². The summed E-state index contributed by atoms with van der Waals surface area (Å²) in [5, 5.41) is 8.73. The normalized spacial score (nSPS) is 15.3. The van der Waals surface area contributed by atoms with Crippen LogP contribution in [0.25, 0.3) is 0 Å². The number of nitriles is 1. The highest BCUT2D eigenvalue weighted by Gasteiger charge is 2.30. The maximum atomic E-state index is 13.9. The predicted molar refractivity (Wildman–Crippen MR) is 77.5 cm³/mol. The lowest BCUT2D eigenvalue weighted by atomic mass is 10.1. The van der Waals surface area contributed by atoms with E-state index in [-0.39, 0.29) is 24.1 Å². The van der Waals surface area contributed by atoms with Crippen molar-refractivity contribution in [3.8, 4) is 6.07 Å². The van der Waals surface area contributed by atoms with Gasteiger partial charge in [0.25, 0.3) is 0 Å². The Morgan fingerprint density at radius 2 is 2.29 bits per heavy atom. The zero-order chi connectivity index (χ0) is 15.4. The average Bonchev–Trinajstić information content (AvgIpc) is 3.30. The Morgan fingerprint density at radius 3 is 2.81 bits per heavy atom. The van der Waals surface area contributed by atoms with Gasteiger partial charge in [-0.15, -0.1) is 0 Å². The van der Waals surface area contributed by atoms with Crippen molar-refractivity contribution in [2.45, 2.75) is 38.8 Å². The van der Waals surface area contributed by atoms with Crippen LogP contribution in [0.4, 0.5) is 4.39 Å². The summed E-state index contributed by atoms with van der Waals surface area (Å²) in [6, 6.07) is 6.13. The quantitative estimate of drug-likeness (QED) is 0.872. The molecule has 1 unspecified atom stereocenters. The molecule has 4 nitrogen and oxygen atoms in total. The number of amides is 1. The van der Waals surface area contributed by atoms with Crippen LogP contribution in [0.5, 0.6) is 0 Å². The summed E-state index contributed by atoms with van der Waals surface area (Å²) in [5.41, 5.74) is 6.68. The molecule has 1 fully saturated rings. The van der Waals surface area contributed by atoms with Gasteiger partial charge in [-0.25, -0.2) is 4.39 Å². The van der Waals surface area contributed by atoms with Crippen LogP contribution in [-0.2, 0) is 11.3 Å². The van der Waals surface area contributed by atoms with E-state index in [0.29, 0.717) is 24.4 Å². The van der Waals surface area contributed by atoms with Gasteiger partial charge in [0.2, 0.25) is 5.91 Å². The fourth-order valence-electron chi connectivity index (χ4n) is 2.35. The van der Waals surface area contributed by atoms with Crippen LogP contribution >= 0.6 is 0 Å². The Kier molecular flexibility index (Phi) is 4.92. The number of hydrogen-bond acceptors (Lipinski definition) is 3. The summed E-state index contributed by atoms with van der Waals surface area (Å²) >= 11 is 0. The Balaban J connectivity index is 2.01. The van der Waals surface area contributed by atoms with Crippen LogP contribution in [0.1, 0.15) is 37.3 Å². The molecular formula is C16H20FN3O. The molecule has 1 aliphatic rings. The molecular weight excluding hydrogens is 269 g/mol. The van der Waals surface area contributed by atoms with Gasteiger partial charge < -0.3 is 10.6 Å². The van der Waals surface area contributed by atoms with E-state index in [0.717, 1.165) is 12.8 Å². The lowest BCUT2D eigenvalue weighted by Gasteiger charge is -2.23. The van der Waals surface area contributed by atoms with Gasteiger partial charge >= 0.3 is 0 Å². The third-order valence-electron chi connectivity index (χ3n) is 3.92. The third-order valence-corrected chi connectivity index (χ3v) is 3.92. The molecule has 2 N–H and O–H groups in total. The molecule has 21 heavy (non-hydrogen) atoms. The van der Waals surface area contributed by atoms with Gasteiger partial charge in [0.15, 0.2) is 0 Å². The van der Waals surface area contributed by atoms with E-state index in [1.54, 1.807) is 17.0 Å². The van der Waals surface area contributed by atoms with Crippen molar-refractivity contribution in [2.24, 2.45) is 11.7 Å². The third kappa shape index (κ3) is 4.02. The molecule has 0 saturated heterocycles. The van der Waals surface area contributed by atoms with Crippen molar-refractivity contribution in [3.05, 3.63) is 35.1 Å². The minimum atomic E-state index is -0.452. The van der Waals surface area contributed by atoms with E-state index in [2.05, 4.69) is 0 Å². The Hall–Kier alpha value is -1.93. The van der Waals surface area contributed by atoms with Crippen molar-refractivity contribution in [2.75, 3.05) is 6.54 Å². The lowest BCUT2D eigenvalue weighted by Crippen LogP contribution is -2.36. The summed E-state index contributed by atoms with van der Waals surface area (Å²) in [4.78, 5) is 13.8. The molecule has 1 aliphatic carbocycles. The average molecular weight is 289 g/mol. The highest BCUT2D eigenvalue weighted by molar-refractivity contribution is 5.76. The molecule has 1 amide bonds. The Labute approximate surface area is 124 Å². The number of nitrogens with two attached hydrogens (primary N) is 1. The van der Waals surface area contributed by atoms with E-state index in [1.165, 1.54) is 6.07 Å². The molecule has 0 aliphatic heterocycles. The smallest absolute Gasteiger partial charge is 0.224 e. The fraction of sp³-hybridized carbons (Fsp3) is 0.500. The molecule has 0 bridgehead atoms. The number of halogens is 1. The number of nitrogens with zero attached hydrogens (tertiary/aromatic N) is 2. The molecule has 2 rings (SSSR count). The zero-order valence-corrected chi connectivity index (χ0v) is 12.2. The second kappa shape index (κ2) is 6.68. The van der Waals surface area contributed by atoms with E-state index in [4.69, 9.17) is 11.0 Å². The topological polar surface area (TPSA) is 70.1 Å². The first-order valence-electron chi connectivity index (χ1n) is 7.27. The summed E-state index contributed by atoms with van der Waals surface area (Å²) in [6.45, 7) is 2.59. The highest BCUT2D eigenvalue weighted by Crippen LogP contribution is 2.33. The predicted octanol–water partition coefficient (Wildman–Crippen LogP) is 2.17. The maximum Gasteiger partial charge on any atom is 0.224 e. The van der Waals surface area contributed by atoms with Crippen molar-refractivity contribution < 1.29 is 9.18 Å². The van der Waals surface area contributed by atoms with Gasteiger partial charge in [0.1, 0.15) is 5.82 Å². The second-order valence-corrected chi connectivity index (χ2v) is 5.53. The molecule has 0 aromatic heterocycles. The van der Waals surface area contributed by atoms with E-state index in [9.17, 15) is 9.18 Å². The van der Waals surface area contributed by atoms with Crippen LogP contribution in [0.2, 0.25) is 0 Å². The van der Waals surface area contributed by atoms with Gasteiger partial charge in [-0.3, -0.25) is 4.79 Å². The van der Waals surface area contributed by atoms with Crippen LogP contribution in [0.3, 0.4) is 0 Å². The summed E-state index contributed by atoms with van der Waals surface area (Å²) < 4.78 is 13.9. The van der Waals surface area contributed by atoms with Gasteiger partial charge in [0.05, 0.1) is 11.6 Å². The highest BCUT2D eigenvalue weighted by atomic mass is 19.1. The van der Waals surface area contributed by atoms with Gasteiger partial charge in [-0.05, 0) is 37.8 Å². The monoisotopic (exact) mass is 289 g/mol. The van der Waals surface area contributed by atoms with Crippen molar-refractivity contribution >= 4 is 5.91 Å². The number of rotatable bonds is 6. The van der Waals surface area contributed by atoms with Gasteiger partial charge in [-0.2, -0.15) is 5.26 Å². The van der Waals surface area contributed by atoms with Crippen LogP contribution in [0.15, 0.2) is 18.2 Å². The largest absolute Gasteiger partial charge is 0.338 e. The molecule has 5 heteroatoms. The standard InChI is InChI=1S/C16H20FN3O/c1-2-20(16(21)8-15(19)12-5-6-12)10-13-4-3-11(9-18)7-14(13)17/h3-4,7,12,15H,2,5-6,8,10,19H2,1H3. The van der Waals surface area contributed by atoms with E-state index < -0.39 is 5.82 Å². The first kappa shape index (κ1) is 15.5. The summed E-state index contributed by atoms with van der Waals surface area (Å²) in [7, 11) is 0. The Bertz CT molecular complexity index is 563. The molecule has 112 valence electrons. The van der Waals surface area contributed by atoms with Gasteiger partial charge in [-0.1, -0.05) is 6.07 Å². The summed E-state index contributed by atoms with van der Waals surface area (Å²) in [6.07, 6.45) is 2.52. The molecule has 1 saturated carbocycles. The fourth-order valence-corrected chi connectivity index (χ4v) is 2.35. The van der Waals surface area contributed by atoms with Crippen LogP contribution in [0, 0.1) is 23.1 Å². The number of carbonyl (C=O) groups excluding carboxylic acids is 1. The number of benzene rings is 1. The first-order valence-corrected chi connectivity index (χ1v) is 7.27. The van der Waals surface area contributed by atoms with E-state index in [1.807, 2.05) is 13.0 Å². The van der Waals surface area contributed by atoms with E-state index >= 15 is 0 Å². The molecule has 0 spiro atoms. The van der Waals surface area contributed by atoms with Crippen LogP contribution < -0.4 is 5.73 Å². The molecule has 1 aromatic rings. The number of hydrogen-bond donors (Lipinski definition) is 1. The van der Waals surface area contributed by atoms with Crippen molar-refractivity contribution in [1.29, 1.82) is 5.26 Å². The van der Waals surface area contributed by atoms with Crippen molar-refractivity contribution in [3.63, 3.8) is 0 Å². The zero-order valence-electron chi connectivity index (χ0n) is 12.2. The molecule has 1 aromatic carbocycles.